The number of methoxy groups -OCH3 is 4. The molecule has 0 spiro atoms. The van der Waals surface area contributed by atoms with Crippen molar-refractivity contribution in [3.63, 3.8) is 0 Å². The van der Waals surface area contributed by atoms with E-state index in [2.05, 4.69) is 10.3 Å². The normalized spacial score (nSPS) is 11.7. The molecule has 156 valence electrons. The Morgan fingerprint density at radius 1 is 0.621 bits per heavy atom. The van der Waals surface area contributed by atoms with Crippen LogP contribution >= 0.6 is 0 Å². The Hall–Kier alpha value is -3.42. The van der Waals surface area contributed by atoms with Gasteiger partial charge in [0.15, 0.2) is 23.0 Å². The number of oxime groups is 2. The van der Waals surface area contributed by atoms with Crippen molar-refractivity contribution < 1.29 is 28.6 Å². The maximum absolute atomic E-state index is 5.29. The van der Waals surface area contributed by atoms with Crippen LogP contribution in [0.5, 0.6) is 23.0 Å². The van der Waals surface area contributed by atoms with E-state index in [1.54, 1.807) is 40.6 Å². The second-order valence-electron chi connectivity index (χ2n) is 5.87. The van der Waals surface area contributed by atoms with Crippen LogP contribution in [0.15, 0.2) is 46.7 Å². The van der Waals surface area contributed by atoms with E-state index in [1.807, 2.05) is 38.1 Å². The molecule has 0 saturated heterocycles. The number of benzene rings is 2. The van der Waals surface area contributed by atoms with E-state index < -0.39 is 0 Å². The lowest BCUT2D eigenvalue weighted by atomic mass is 10.1. The molecular weight excluding hydrogens is 376 g/mol. The van der Waals surface area contributed by atoms with Crippen LogP contribution in [0.2, 0.25) is 0 Å². The van der Waals surface area contributed by atoms with Crippen molar-refractivity contribution in [1.29, 1.82) is 0 Å². The molecule has 0 fully saturated rings. The van der Waals surface area contributed by atoms with E-state index in [4.69, 9.17) is 28.6 Å². The van der Waals surface area contributed by atoms with Crippen molar-refractivity contribution in [1.82, 2.24) is 0 Å². The van der Waals surface area contributed by atoms with Gasteiger partial charge >= 0.3 is 0 Å². The van der Waals surface area contributed by atoms with Crippen LogP contribution < -0.4 is 18.9 Å². The molecule has 0 amide bonds. The molecule has 0 heterocycles. The van der Waals surface area contributed by atoms with Crippen LogP contribution in [0.25, 0.3) is 0 Å². The molecule has 0 atom stereocenters. The molecule has 0 saturated carbocycles. The van der Waals surface area contributed by atoms with Gasteiger partial charge in [0.05, 0.1) is 39.9 Å². The molecule has 0 radical (unpaired) electrons. The lowest BCUT2D eigenvalue weighted by Gasteiger charge is -2.09. The Morgan fingerprint density at radius 3 is 1.34 bits per heavy atom. The van der Waals surface area contributed by atoms with Crippen LogP contribution in [0.4, 0.5) is 0 Å². The van der Waals surface area contributed by atoms with Gasteiger partial charge in [-0.15, -0.1) is 0 Å². The van der Waals surface area contributed by atoms with Gasteiger partial charge in [0.25, 0.3) is 6.79 Å². The zero-order chi connectivity index (χ0) is 21.2. The molecule has 8 heteroatoms. The molecule has 29 heavy (non-hydrogen) atoms. The van der Waals surface area contributed by atoms with Gasteiger partial charge in [0, 0.05) is 11.1 Å². The first kappa shape index (κ1) is 21.9. The fourth-order valence-corrected chi connectivity index (χ4v) is 2.50. The van der Waals surface area contributed by atoms with Gasteiger partial charge in [0.2, 0.25) is 0 Å². The molecule has 2 aromatic rings. The van der Waals surface area contributed by atoms with Crippen molar-refractivity contribution in [2.75, 3.05) is 35.2 Å². The van der Waals surface area contributed by atoms with E-state index in [0.29, 0.717) is 34.4 Å². The van der Waals surface area contributed by atoms with E-state index in [0.717, 1.165) is 11.1 Å². The van der Waals surface area contributed by atoms with E-state index in [9.17, 15) is 0 Å². The van der Waals surface area contributed by atoms with Crippen LogP contribution in [0.1, 0.15) is 25.0 Å². The van der Waals surface area contributed by atoms with Crippen molar-refractivity contribution in [2.45, 2.75) is 13.8 Å². The largest absolute Gasteiger partial charge is 0.493 e. The summed E-state index contributed by atoms with van der Waals surface area (Å²) in [5.74, 6) is 2.53. The molecule has 2 aromatic carbocycles. The molecule has 0 bridgehead atoms. The molecule has 0 aromatic heterocycles. The van der Waals surface area contributed by atoms with Gasteiger partial charge in [-0.05, 0) is 50.2 Å². The first-order valence-electron chi connectivity index (χ1n) is 8.82. The summed E-state index contributed by atoms with van der Waals surface area (Å²) in [7, 11) is 6.33. The summed E-state index contributed by atoms with van der Waals surface area (Å²) in [6, 6.07) is 11.0. The number of ether oxygens (including phenoxy) is 4. The minimum atomic E-state index is -0.130. The molecule has 2 rings (SSSR count). The average Bonchev–Trinajstić information content (AvgIpc) is 2.77. The molecular formula is C21H26N2O6. The molecule has 0 aliphatic heterocycles. The van der Waals surface area contributed by atoms with Gasteiger partial charge in [-0.1, -0.05) is 10.3 Å². The maximum atomic E-state index is 5.29. The monoisotopic (exact) mass is 402 g/mol. The summed E-state index contributed by atoms with van der Waals surface area (Å²) < 4.78 is 21.0. The van der Waals surface area contributed by atoms with Crippen molar-refractivity contribution in [3.05, 3.63) is 47.5 Å². The van der Waals surface area contributed by atoms with Gasteiger partial charge < -0.3 is 28.6 Å². The highest BCUT2D eigenvalue weighted by Gasteiger charge is 2.08. The minimum absolute atomic E-state index is 0.130. The molecule has 8 nitrogen and oxygen atoms in total. The van der Waals surface area contributed by atoms with Crippen molar-refractivity contribution >= 4 is 11.4 Å². The van der Waals surface area contributed by atoms with E-state index >= 15 is 0 Å². The Kier molecular flexibility index (Phi) is 8.14. The Balaban J connectivity index is 1.94. The lowest BCUT2D eigenvalue weighted by molar-refractivity contribution is -0.0505. The van der Waals surface area contributed by atoms with Crippen molar-refractivity contribution in [2.24, 2.45) is 10.3 Å². The third-order valence-corrected chi connectivity index (χ3v) is 4.11. The van der Waals surface area contributed by atoms with E-state index in [1.165, 1.54) is 0 Å². The third-order valence-electron chi connectivity index (χ3n) is 4.11. The lowest BCUT2D eigenvalue weighted by Crippen LogP contribution is -2.02. The molecule has 0 aliphatic rings. The SMILES string of the molecule is COc1ccc(C(C)=NOCON=C(C)c2ccc(OC)c(OC)c2)cc1OC. The van der Waals surface area contributed by atoms with Crippen LogP contribution in [-0.2, 0) is 9.68 Å². The van der Waals surface area contributed by atoms with Gasteiger partial charge in [-0.2, -0.15) is 0 Å². The molecule has 0 aliphatic carbocycles. The zero-order valence-electron chi connectivity index (χ0n) is 17.5. The van der Waals surface area contributed by atoms with E-state index in [-0.39, 0.29) is 6.79 Å². The summed E-state index contributed by atoms with van der Waals surface area (Å²) >= 11 is 0. The Morgan fingerprint density at radius 2 is 1.00 bits per heavy atom. The Labute approximate surface area is 170 Å². The van der Waals surface area contributed by atoms with Crippen LogP contribution in [0.3, 0.4) is 0 Å². The van der Waals surface area contributed by atoms with Gasteiger partial charge in [-0.25, -0.2) is 0 Å². The van der Waals surface area contributed by atoms with Gasteiger partial charge in [0.1, 0.15) is 0 Å². The second-order valence-corrected chi connectivity index (χ2v) is 5.87. The summed E-state index contributed by atoms with van der Waals surface area (Å²) in [5, 5.41) is 8.07. The van der Waals surface area contributed by atoms with Crippen LogP contribution in [-0.4, -0.2) is 46.7 Å². The molecule has 0 unspecified atom stereocenters. The maximum Gasteiger partial charge on any atom is 0.280 e. The highest BCUT2D eigenvalue weighted by Crippen LogP contribution is 2.28. The summed E-state index contributed by atoms with van der Waals surface area (Å²) in [6.07, 6.45) is 0. The minimum Gasteiger partial charge on any atom is -0.493 e. The quantitative estimate of drug-likeness (QED) is 0.260. The first-order chi connectivity index (χ1) is 14.0. The zero-order valence-corrected chi connectivity index (χ0v) is 17.5. The molecule has 0 N–H and O–H groups in total. The third kappa shape index (κ3) is 5.78. The van der Waals surface area contributed by atoms with Gasteiger partial charge in [-0.3, -0.25) is 0 Å². The predicted octanol–water partition coefficient (Wildman–Crippen LogP) is 3.86. The number of rotatable bonds is 10. The van der Waals surface area contributed by atoms with Crippen molar-refractivity contribution in [3.8, 4) is 23.0 Å². The predicted molar refractivity (Wildman–Crippen MR) is 111 cm³/mol. The first-order valence-corrected chi connectivity index (χ1v) is 8.82. The fourth-order valence-electron chi connectivity index (χ4n) is 2.50. The summed E-state index contributed by atoms with van der Waals surface area (Å²) in [4.78, 5) is 10.4. The number of hydrogen-bond donors (Lipinski definition) is 0. The standard InChI is InChI=1S/C21H26N2O6/c1-14(16-7-9-18(24-3)20(11-16)26-5)22-28-13-29-23-15(2)17-8-10-19(25-4)21(12-17)27-6/h7-12H,13H2,1-6H3. The number of nitrogens with zero attached hydrogens (tertiary/aromatic N) is 2. The smallest absolute Gasteiger partial charge is 0.280 e. The highest BCUT2D eigenvalue weighted by molar-refractivity contribution is 5.99. The summed E-state index contributed by atoms with van der Waals surface area (Å²) in [6.45, 7) is 3.51. The topological polar surface area (TPSA) is 80.1 Å². The number of hydrogen-bond acceptors (Lipinski definition) is 8. The highest BCUT2D eigenvalue weighted by atomic mass is 16.8. The Bertz CT molecular complexity index is 808. The fraction of sp³-hybridized carbons (Fsp3) is 0.333. The van der Waals surface area contributed by atoms with Crippen LogP contribution in [0, 0.1) is 0 Å². The summed E-state index contributed by atoms with van der Waals surface area (Å²) in [5.41, 5.74) is 3.01. The average molecular weight is 402 g/mol. The second kappa shape index (κ2) is 10.8.